The minimum Gasteiger partial charge on any atom is -0.472 e. The molecule has 32 heavy (non-hydrogen) atoms. The van der Waals surface area contributed by atoms with Gasteiger partial charge in [-0.2, -0.15) is 20.0 Å². The number of piperidine rings is 1. The highest BCUT2D eigenvalue weighted by Crippen LogP contribution is 2.46. The SMILES string of the molecule is CN(c1ccc2c(n1)OCc1cc(-n3nccn3)ccc1-2)C1CC2CC(F)(F)C(C1)N2C. The van der Waals surface area contributed by atoms with E-state index in [2.05, 4.69) is 10.2 Å². The molecule has 0 amide bonds. The van der Waals surface area contributed by atoms with Crippen LogP contribution in [0.1, 0.15) is 24.8 Å². The number of hydrogen-bond acceptors (Lipinski definition) is 6. The number of halogens is 2. The van der Waals surface area contributed by atoms with Crippen LogP contribution in [0.25, 0.3) is 16.8 Å². The lowest BCUT2D eigenvalue weighted by Crippen LogP contribution is -2.50. The van der Waals surface area contributed by atoms with E-state index in [1.54, 1.807) is 17.2 Å². The molecule has 3 atom stereocenters. The largest absolute Gasteiger partial charge is 0.472 e. The van der Waals surface area contributed by atoms with Crippen molar-refractivity contribution in [3.05, 3.63) is 48.3 Å². The molecule has 0 saturated carbocycles. The van der Waals surface area contributed by atoms with Crippen LogP contribution in [0.4, 0.5) is 14.6 Å². The number of nitrogens with zero attached hydrogens (tertiary/aromatic N) is 6. The zero-order valence-electron chi connectivity index (χ0n) is 17.9. The smallest absolute Gasteiger partial charge is 0.264 e. The molecule has 3 unspecified atom stereocenters. The van der Waals surface area contributed by atoms with Gasteiger partial charge in [0.1, 0.15) is 12.4 Å². The van der Waals surface area contributed by atoms with Crippen molar-refractivity contribution in [3.63, 3.8) is 0 Å². The van der Waals surface area contributed by atoms with Crippen molar-refractivity contribution in [1.82, 2.24) is 24.9 Å². The highest BCUT2D eigenvalue weighted by atomic mass is 19.3. The summed E-state index contributed by atoms with van der Waals surface area (Å²) in [6, 6.07) is 9.24. The molecule has 166 valence electrons. The van der Waals surface area contributed by atoms with Crippen LogP contribution in [0.15, 0.2) is 42.7 Å². The molecule has 0 radical (unpaired) electrons. The van der Waals surface area contributed by atoms with Crippen LogP contribution < -0.4 is 9.64 Å². The van der Waals surface area contributed by atoms with Gasteiger partial charge in [0.15, 0.2) is 0 Å². The number of aromatic nitrogens is 4. The first-order valence-electron chi connectivity index (χ1n) is 10.9. The first-order valence-corrected chi connectivity index (χ1v) is 10.9. The Hall–Kier alpha value is -3.07. The summed E-state index contributed by atoms with van der Waals surface area (Å²) >= 11 is 0. The van der Waals surface area contributed by atoms with Crippen molar-refractivity contribution >= 4 is 5.82 Å². The molecule has 2 bridgehead atoms. The number of pyridine rings is 1. The molecule has 9 heteroatoms. The van der Waals surface area contributed by atoms with Crippen LogP contribution in [-0.2, 0) is 6.61 Å². The molecule has 5 heterocycles. The van der Waals surface area contributed by atoms with E-state index in [1.165, 1.54) is 0 Å². The van der Waals surface area contributed by atoms with Crippen molar-refractivity contribution in [2.45, 2.75) is 49.9 Å². The summed E-state index contributed by atoms with van der Waals surface area (Å²) in [5.41, 5.74) is 3.92. The number of fused-ring (bicyclic) bond motifs is 5. The summed E-state index contributed by atoms with van der Waals surface area (Å²) in [5.74, 6) is -1.29. The number of ether oxygens (including phenoxy) is 1. The van der Waals surface area contributed by atoms with Gasteiger partial charge in [0.25, 0.3) is 5.92 Å². The van der Waals surface area contributed by atoms with Gasteiger partial charge in [0, 0.05) is 31.1 Å². The number of hydrogen-bond donors (Lipinski definition) is 0. The summed E-state index contributed by atoms with van der Waals surface area (Å²) in [5, 5.41) is 8.36. The van der Waals surface area contributed by atoms with Crippen molar-refractivity contribution < 1.29 is 13.5 Å². The Morgan fingerprint density at radius 3 is 2.66 bits per heavy atom. The maximum Gasteiger partial charge on any atom is 0.264 e. The summed E-state index contributed by atoms with van der Waals surface area (Å²) in [7, 11) is 3.77. The van der Waals surface area contributed by atoms with Crippen LogP contribution in [0.2, 0.25) is 0 Å². The Morgan fingerprint density at radius 1 is 1.09 bits per heavy atom. The van der Waals surface area contributed by atoms with E-state index in [9.17, 15) is 8.78 Å². The van der Waals surface area contributed by atoms with Crippen molar-refractivity contribution in [1.29, 1.82) is 0 Å². The molecule has 2 aromatic heterocycles. The summed E-state index contributed by atoms with van der Waals surface area (Å²) < 4.78 is 34.7. The van der Waals surface area contributed by atoms with Gasteiger partial charge in [-0.1, -0.05) is 6.07 Å². The van der Waals surface area contributed by atoms with E-state index in [-0.39, 0.29) is 18.5 Å². The topological polar surface area (TPSA) is 59.3 Å². The Kier molecular flexibility index (Phi) is 4.27. The Bertz CT molecular complexity index is 1170. The van der Waals surface area contributed by atoms with Crippen LogP contribution in [0.5, 0.6) is 5.88 Å². The van der Waals surface area contributed by atoms with E-state index in [1.807, 2.05) is 54.2 Å². The predicted molar refractivity (Wildman–Crippen MR) is 115 cm³/mol. The third-order valence-corrected chi connectivity index (χ3v) is 7.25. The monoisotopic (exact) mass is 438 g/mol. The predicted octanol–water partition coefficient (Wildman–Crippen LogP) is 3.53. The second-order valence-electron chi connectivity index (χ2n) is 9.01. The van der Waals surface area contributed by atoms with Crippen LogP contribution >= 0.6 is 0 Å². The fraction of sp³-hybridized carbons (Fsp3) is 0.435. The van der Waals surface area contributed by atoms with E-state index in [4.69, 9.17) is 9.72 Å². The number of rotatable bonds is 3. The van der Waals surface area contributed by atoms with Gasteiger partial charge >= 0.3 is 0 Å². The van der Waals surface area contributed by atoms with E-state index >= 15 is 0 Å². The molecule has 3 aliphatic heterocycles. The minimum absolute atomic E-state index is 0.0279. The number of alkyl halides is 2. The van der Waals surface area contributed by atoms with Gasteiger partial charge in [-0.3, -0.25) is 4.90 Å². The van der Waals surface area contributed by atoms with Crippen LogP contribution in [-0.4, -0.2) is 63.0 Å². The first-order chi connectivity index (χ1) is 15.4. The molecular formula is C23H24F2N6O. The molecule has 3 aromatic rings. The molecule has 6 rings (SSSR count). The normalized spacial score (nSPS) is 25.7. The summed E-state index contributed by atoms with van der Waals surface area (Å²) in [6.45, 7) is 0.405. The quantitative estimate of drug-likeness (QED) is 0.624. The van der Waals surface area contributed by atoms with Crippen molar-refractivity contribution in [2.75, 3.05) is 19.0 Å². The summed E-state index contributed by atoms with van der Waals surface area (Å²) in [6.07, 6.45) is 4.38. The highest BCUT2D eigenvalue weighted by Gasteiger charge is 2.56. The second kappa shape index (κ2) is 6.96. The van der Waals surface area contributed by atoms with Crippen molar-refractivity contribution in [3.8, 4) is 22.7 Å². The maximum atomic E-state index is 14.4. The van der Waals surface area contributed by atoms with Gasteiger partial charge in [-0.25, -0.2) is 8.78 Å². The molecule has 1 aromatic carbocycles. The lowest BCUT2D eigenvalue weighted by molar-refractivity contribution is -0.0353. The molecule has 2 saturated heterocycles. The van der Waals surface area contributed by atoms with Gasteiger partial charge < -0.3 is 9.64 Å². The second-order valence-corrected chi connectivity index (χ2v) is 9.01. The highest BCUT2D eigenvalue weighted by molar-refractivity contribution is 5.75. The minimum atomic E-state index is -2.62. The van der Waals surface area contributed by atoms with Gasteiger partial charge in [-0.15, -0.1) is 0 Å². The molecule has 2 fully saturated rings. The average molecular weight is 438 g/mol. The first kappa shape index (κ1) is 19.6. The lowest BCUT2D eigenvalue weighted by Gasteiger charge is -2.41. The van der Waals surface area contributed by atoms with Gasteiger partial charge in [-0.05, 0) is 55.3 Å². The Labute approximate surface area is 184 Å². The van der Waals surface area contributed by atoms with E-state index < -0.39 is 12.0 Å². The number of anilines is 1. The van der Waals surface area contributed by atoms with Crippen LogP contribution in [0, 0.1) is 0 Å². The van der Waals surface area contributed by atoms with Crippen molar-refractivity contribution in [2.24, 2.45) is 0 Å². The van der Waals surface area contributed by atoms with Crippen LogP contribution in [0.3, 0.4) is 0 Å². The molecule has 7 nitrogen and oxygen atoms in total. The zero-order chi connectivity index (χ0) is 22.0. The lowest BCUT2D eigenvalue weighted by atomic mass is 9.96. The third kappa shape index (κ3) is 2.98. The summed E-state index contributed by atoms with van der Waals surface area (Å²) in [4.78, 5) is 10.2. The zero-order valence-corrected chi connectivity index (χ0v) is 17.9. The molecule has 0 N–H and O–H groups in total. The molecule has 0 spiro atoms. The molecular weight excluding hydrogens is 414 g/mol. The third-order valence-electron chi connectivity index (χ3n) is 7.25. The van der Waals surface area contributed by atoms with E-state index in [0.29, 0.717) is 25.3 Å². The fourth-order valence-electron chi connectivity index (χ4n) is 5.43. The van der Waals surface area contributed by atoms with E-state index in [0.717, 1.165) is 28.2 Å². The van der Waals surface area contributed by atoms with Gasteiger partial charge in [0.2, 0.25) is 5.88 Å². The Balaban J connectivity index is 1.27. The average Bonchev–Trinajstić information content (AvgIpc) is 3.36. The number of benzene rings is 1. The molecule has 0 aliphatic carbocycles. The maximum absolute atomic E-state index is 14.4. The fourth-order valence-corrected chi connectivity index (χ4v) is 5.43. The molecule has 3 aliphatic rings. The van der Waals surface area contributed by atoms with Gasteiger partial charge in [0.05, 0.1) is 24.1 Å². The standard InChI is InChI=1S/C23H24F2N6O/c1-29-17-10-16(11-20(29)23(24,25)12-17)30(2)21-6-5-19-18-4-3-15(31-26-7-8-27-31)9-14(18)13-32-22(19)28-21/h3-9,16-17,20H,10-13H2,1-2H3. The Morgan fingerprint density at radius 2 is 1.88 bits per heavy atom.